The lowest BCUT2D eigenvalue weighted by Gasteiger charge is -1.93. The molecule has 16 heavy (non-hydrogen) atoms. The molecule has 3 nitrogen and oxygen atoms in total. The number of hydrogen-bond donors (Lipinski definition) is 1. The molecule has 0 unspecified atom stereocenters. The molecule has 0 fully saturated rings. The normalized spacial score (nSPS) is 10.3. The minimum atomic E-state index is -0.684. The first-order valence-electron chi connectivity index (χ1n) is 4.70. The van der Waals surface area contributed by atoms with Gasteiger partial charge in [-0.25, -0.2) is 4.79 Å². The van der Waals surface area contributed by atoms with Crippen LogP contribution in [0.3, 0.4) is 0 Å². The Hall–Kier alpha value is -1.30. The van der Waals surface area contributed by atoms with Crippen LogP contribution in [-0.2, 0) is 0 Å². The fraction of sp³-hybridized carbons (Fsp3) is 0.0833. The lowest BCUT2D eigenvalue weighted by atomic mass is 10.4. The first-order chi connectivity index (χ1) is 7.66. The average molecular weight is 329 g/mol. The van der Waals surface area contributed by atoms with Crippen LogP contribution in [0.25, 0.3) is 0 Å². The van der Waals surface area contributed by atoms with Gasteiger partial charge in [0.25, 0.3) is 0 Å². The van der Waals surface area contributed by atoms with Crippen LogP contribution >= 0.6 is 0 Å². The Bertz CT molecular complexity index is 546. The summed E-state index contributed by atoms with van der Waals surface area (Å²) in [5.41, 5.74) is -0.422. The van der Waals surface area contributed by atoms with E-state index in [9.17, 15) is 9.90 Å². The van der Waals surface area contributed by atoms with Crippen molar-refractivity contribution in [3.63, 3.8) is 0 Å². The summed E-state index contributed by atoms with van der Waals surface area (Å²) in [5, 5.41) is 9.70. The van der Waals surface area contributed by atoms with Crippen LogP contribution in [0, 0.1) is 14.1 Å². The maximum absolute atomic E-state index is 11.6. The van der Waals surface area contributed by atoms with Gasteiger partial charge in [0.05, 0.1) is 0 Å². The summed E-state index contributed by atoms with van der Waals surface area (Å²) >= 11 is -0.684. The molecule has 0 atom stereocenters. The molecule has 0 radical (unpaired) electrons. The third kappa shape index (κ3) is 2.44. The highest BCUT2D eigenvalue weighted by molar-refractivity contribution is 5.17. The Balaban J connectivity index is 2.39. The van der Waals surface area contributed by atoms with Gasteiger partial charge < -0.3 is 9.52 Å². The highest BCUT2D eigenvalue weighted by atomic mass is 127. The number of benzene rings is 1. The van der Waals surface area contributed by atoms with E-state index < -0.39 is 26.8 Å². The second-order valence-electron chi connectivity index (χ2n) is 3.23. The highest BCUT2D eigenvalue weighted by Crippen LogP contribution is 2.05. The van der Waals surface area contributed by atoms with Gasteiger partial charge in [0.1, 0.15) is 5.76 Å². The van der Waals surface area contributed by atoms with Crippen molar-refractivity contribution in [1.82, 2.24) is 0 Å². The van der Waals surface area contributed by atoms with Gasteiger partial charge in [-0.3, -0.25) is 0 Å². The van der Waals surface area contributed by atoms with Crippen LogP contribution in [0.15, 0.2) is 45.6 Å². The monoisotopic (exact) mass is 329 g/mol. The molecule has 1 N–H and O–H groups in total. The zero-order chi connectivity index (χ0) is 11.5. The predicted octanol–water partition coefficient (Wildman–Crippen LogP) is -1.22. The van der Waals surface area contributed by atoms with Crippen LogP contribution in [0.2, 0.25) is 0 Å². The van der Waals surface area contributed by atoms with Crippen LogP contribution in [0.1, 0.15) is 5.76 Å². The summed E-state index contributed by atoms with van der Waals surface area (Å²) < 4.78 is 6.46. The van der Waals surface area contributed by atoms with E-state index in [1.54, 1.807) is 6.92 Å². The largest absolute Gasteiger partial charge is 0.503 e. The fourth-order valence-electron chi connectivity index (χ4n) is 1.25. The van der Waals surface area contributed by atoms with E-state index in [-0.39, 0.29) is 5.75 Å². The quantitative estimate of drug-likeness (QED) is 0.703. The highest BCUT2D eigenvalue weighted by Gasteiger charge is 2.26. The number of rotatable bonds is 2. The Kier molecular flexibility index (Phi) is 3.28. The Morgan fingerprint density at radius 3 is 2.56 bits per heavy atom. The molecule has 2 rings (SSSR count). The van der Waals surface area contributed by atoms with E-state index >= 15 is 0 Å². The van der Waals surface area contributed by atoms with Crippen LogP contribution in [0.5, 0.6) is 5.75 Å². The smallest absolute Gasteiger partial charge is 0.394 e. The van der Waals surface area contributed by atoms with Gasteiger partial charge in [-0.15, -0.1) is 0 Å². The molecular formula is C12H10IO3+. The van der Waals surface area contributed by atoms with Gasteiger partial charge in [0.2, 0.25) is 0 Å². The molecule has 0 aliphatic heterocycles. The molecule has 0 spiro atoms. The lowest BCUT2D eigenvalue weighted by molar-refractivity contribution is -0.601. The van der Waals surface area contributed by atoms with E-state index in [4.69, 9.17) is 4.42 Å². The average Bonchev–Trinajstić information content (AvgIpc) is 2.25. The molecule has 2 aromatic rings. The third-order valence-corrected chi connectivity index (χ3v) is 4.81. The molecule has 0 bridgehead atoms. The number of aromatic hydroxyl groups is 1. The maximum Gasteiger partial charge on any atom is 0.394 e. The van der Waals surface area contributed by atoms with E-state index in [2.05, 4.69) is 0 Å². The number of halogens is 1. The van der Waals surface area contributed by atoms with Gasteiger partial charge >= 0.3 is 30.4 Å². The second kappa shape index (κ2) is 4.69. The topological polar surface area (TPSA) is 50.4 Å². The Labute approximate surface area is 103 Å². The van der Waals surface area contributed by atoms with E-state index in [1.165, 1.54) is 6.07 Å². The number of hydrogen-bond acceptors (Lipinski definition) is 3. The minimum Gasteiger partial charge on any atom is -0.503 e. The second-order valence-corrected chi connectivity index (χ2v) is 6.10. The first-order valence-corrected chi connectivity index (χ1v) is 6.86. The first kappa shape index (κ1) is 11.2. The zero-order valence-corrected chi connectivity index (χ0v) is 10.8. The van der Waals surface area contributed by atoms with E-state index in [1.807, 2.05) is 30.3 Å². The van der Waals surface area contributed by atoms with Crippen LogP contribution < -0.4 is 26.8 Å². The molecule has 4 heteroatoms. The maximum atomic E-state index is 11.6. The van der Waals surface area contributed by atoms with Gasteiger partial charge in [-0.1, -0.05) is 18.2 Å². The lowest BCUT2D eigenvalue weighted by Crippen LogP contribution is -3.62. The summed E-state index contributed by atoms with van der Waals surface area (Å²) in [6, 6.07) is 11.1. The molecule has 0 aliphatic rings. The van der Waals surface area contributed by atoms with E-state index in [0.29, 0.717) is 9.33 Å². The van der Waals surface area contributed by atoms with E-state index in [0.717, 1.165) is 3.57 Å². The van der Waals surface area contributed by atoms with Crippen molar-refractivity contribution in [2.24, 2.45) is 0 Å². The number of aryl methyl sites for hydroxylation is 1. The van der Waals surface area contributed by atoms with Crippen molar-refractivity contribution >= 4 is 0 Å². The SMILES string of the molecule is Cc1cc(O)c([I+]c2ccccc2)c(=O)o1. The zero-order valence-electron chi connectivity index (χ0n) is 8.61. The standard InChI is InChI=1S/C12H9IO3/c1-8-7-10(14)11(12(15)16-8)13-9-5-3-2-4-6-9/h2-7H,1H3/p+1. The molecule has 1 heterocycles. The molecule has 0 amide bonds. The summed E-state index contributed by atoms with van der Waals surface area (Å²) in [6.07, 6.45) is 0. The molecule has 0 saturated carbocycles. The van der Waals surface area contributed by atoms with Gasteiger partial charge in [-0.05, 0) is 19.1 Å². The molecule has 1 aromatic carbocycles. The summed E-state index contributed by atoms with van der Waals surface area (Å²) in [7, 11) is 0. The molecule has 1 aromatic heterocycles. The Morgan fingerprint density at radius 2 is 1.94 bits per heavy atom. The molecule has 0 saturated heterocycles. The van der Waals surface area contributed by atoms with Crippen LogP contribution in [0.4, 0.5) is 0 Å². The van der Waals surface area contributed by atoms with Crippen molar-refractivity contribution in [3.05, 3.63) is 59.7 Å². The Morgan fingerprint density at radius 1 is 1.25 bits per heavy atom. The van der Waals surface area contributed by atoms with Gasteiger partial charge in [0, 0.05) is 6.07 Å². The summed E-state index contributed by atoms with van der Waals surface area (Å²) in [5.74, 6) is 0.480. The van der Waals surface area contributed by atoms with Gasteiger partial charge in [0.15, 0.2) is 9.32 Å². The van der Waals surface area contributed by atoms with Gasteiger partial charge in [-0.2, -0.15) is 0 Å². The van der Waals surface area contributed by atoms with Crippen molar-refractivity contribution in [2.45, 2.75) is 6.92 Å². The summed E-state index contributed by atoms with van der Waals surface area (Å²) in [6.45, 7) is 1.64. The predicted molar refractivity (Wildman–Crippen MR) is 55.2 cm³/mol. The molecular weight excluding hydrogens is 319 g/mol. The summed E-state index contributed by atoms with van der Waals surface area (Å²) in [4.78, 5) is 11.6. The third-order valence-electron chi connectivity index (χ3n) is 1.93. The van der Waals surface area contributed by atoms with Crippen molar-refractivity contribution in [2.75, 3.05) is 0 Å². The van der Waals surface area contributed by atoms with Crippen LogP contribution in [-0.4, -0.2) is 5.11 Å². The van der Waals surface area contributed by atoms with Crippen molar-refractivity contribution < 1.29 is 30.7 Å². The van der Waals surface area contributed by atoms with Crippen molar-refractivity contribution in [1.29, 1.82) is 0 Å². The molecule has 82 valence electrons. The fourth-order valence-corrected chi connectivity index (χ4v) is 3.41. The van der Waals surface area contributed by atoms with Crippen molar-refractivity contribution in [3.8, 4) is 5.75 Å². The minimum absolute atomic E-state index is 0.0467. The molecule has 0 aliphatic carbocycles.